The number of imidazole rings is 1. The molecule has 12 rings (SSSR count). The molecular weight excluding hydrogens is 703 g/mol. The molecule has 1 aliphatic rings. The van der Waals surface area contributed by atoms with Crippen molar-refractivity contribution in [3.8, 4) is 50.5 Å². The first-order valence-electron chi connectivity index (χ1n) is 20.2. The lowest BCUT2D eigenvalue weighted by molar-refractivity contribution is 0.975. The third-order valence-corrected chi connectivity index (χ3v) is 12.3. The fourth-order valence-electron chi connectivity index (χ4n) is 9.83. The average Bonchev–Trinajstić information content (AvgIpc) is 3.69. The standard InChI is InChI=1S/C55H37N3/c1-2-57-49-30-15-29-48-54(49)58(55(56-48)37-18-4-3-5-19-37)50-31-14-26-41(53(50)57)38-32-33-46-47(34-38)52(43-28-13-21-36-17-7-9-23-40(36)43)45-25-11-10-24-44(45)51(46)42-27-12-20-35-16-6-8-22-39(35)42/h3-34H,2H2,1H3. The molecule has 0 unspecified atom stereocenters. The van der Waals surface area contributed by atoms with E-state index in [2.05, 4.69) is 211 Å². The van der Waals surface area contributed by atoms with Gasteiger partial charge in [-0.15, -0.1) is 0 Å². The number of aromatic nitrogens is 2. The first kappa shape index (κ1) is 32.7. The summed E-state index contributed by atoms with van der Waals surface area (Å²) in [5, 5.41) is 9.98. The molecule has 0 aliphatic carbocycles. The minimum Gasteiger partial charge on any atom is -0.338 e. The number of nitrogens with zero attached hydrogens (tertiary/aromatic N) is 3. The third kappa shape index (κ3) is 4.71. The molecule has 1 aromatic heterocycles. The Morgan fingerprint density at radius 1 is 0.414 bits per heavy atom. The van der Waals surface area contributed by atoms with Crippen molar-refractivity contribution in [3.63, 3.8) is 0 Å². The highest BCUT2D eigenvalue weighted by atomic mass is 15.2. The number of fused-ring (bicyclic) bond motifs is 6. The Morgan fingerprint density at radius 2 is 0.948 bits per heavy atom. The number of para-hydroxylation sites is 2. The van der Waals surface area contributed by atoms with E-state index in [-0.39, 0.29) is 0 Å². The maximum Gasteiger partial charge on any atom is 0.145 e. The van der Waals surface area contributed by atoms with Crippen LogP contribution in [0.2, 0.25) is 0 Å². The van der Waals surface area contributed by atoms with Gasteiger partial charge in [-0.25, -0.2) is 4.98 Å². The van der Waals surface area contributed by atoms with E-state index >= 15 is 0 Å². The van der Waals surface area contributed by atoms with Crippen LogP contribution in [0.1, 0.15) is 6.92 Å². The van der Waals surface area contributed by atoms with Crippen LogP contribution in [-0.4, -0.2) is 16.1 Å². The lowest BCUT2D eigenvalue weighted by atomic mass is 9.82. The van der Waals surface area contributed by atoms with Gasteiger partial charge in [-0.2, -0.15) is 0 Å². The molecule has 0 N–H and O–H groups in total. The lowest BCUT2D eigenvalue weighted by Gasteiger charge is -2.34. The van der Waals surface area contributed by atoms with Crippen molar-refractivity contribution in [2.24, 2.45) is 0 Å². The van der Waals surface area contributed by atoms with Gasteiger partial charge in [-0.3, -0.25) is 4.57 Å². The van der Waals surface area contributed by atoms with Crippen LogP contribution >= 0.6 is 0 Å². The summed E-state index contributed by atoms with van der Waals surface area (Å²) in [6, 6.07) is 71.2. The Morgan fingerprint density at radius 3 is 1.64 bits per heavy atom. The summed E-state index contributed by atoms with van der Waals surface area (Å²) in [5.41, 5.74) is 14.2. The molecule has 11 aromatic rings. The Kier molecular flexibility index (Phi) is 7.21. The van der Waals surface area contributed by atoms with Crippen molar-refractivity contribution in [1.82, 2.24) is 9.55 Å². The lowest BCUT2D eigenvalue weighted by Crippen LogP contribution is -2.23. The largest absolute Gasteiger partial charge is 0.338 e. The summed E-state index contributed by atoms with van der Waals surface area (Å²) in [6.07, 6.45) is 0. The molecule has 272 valence electrons. The predicted octanol–water partition coefficient (Wildman–Crippen LogP) is 14.8. The van der Waals surface area contributed by atoms with E-state index in [0.717, 1.165) is 34.7 Å². The van der Waals surface area contributed by atoms with E-state index in [9.17, 15) is 0 Å². The van der Waals surface area contributed by atoms with Gasteiger partial charge in [0.1, 0.15) is 5.82 Å². The van der Waals surface area contributed by atoms with Crippen molar-refractivity contribution in [3.05, 3.63) is 194 Å². The topological polar surface area (TPSA) is 21.1 Å². The van der Waals surface area contributed by atoms with Crippen LogP contribution in [0.3, 0.4) is 0 Å². The van der Waals surface area contributed by atoms with Gasteiger partial charge in [0, 0.05) is 17.7 Å². The van der Waals surface area contributed by atoms with E-state index in [1.807, 2.05) is 0 Å². The number of hydrogen-bond donors (Lipinski definition) is 0. The van der Waals surface area contributed by atoms with Gasteiger partial charge >= 0.3 is 0 Å². The van der Waals surface area contributed by atoms with Gasteiger partial charge in [0.25, 0.3) is 0 Å². The zero-order valence-corrected chi connectivity index (χ0v) is 32.0. The number of anilines is 2. The third-order valence-electron chi connectivity index (χ3n) is 12.3. The molecule has 3 heteroatoms. The second kappa shape index (κ2) is 12.8. The molecule has 0 bridgehead atoms. The molecule has 2 heterocycles. The zero-order chi connectivity index (χ0) is 38.3. The molecule has 0 amide bonds. The van der Waals surface area contributed by atoms with Gasteiger partial charge in [0.05, 0.1) is 28.1 Å². The van der Waals surface area contributed by atoms with E-state index in [4.69, 9.17) is 4.98 Å². The normalized spacial score (nSPS) is 12.3. The molecule has 0 radical (unpaired) electrons. The maximum atomic E-state index is 5.26. The van der Waals surface area contributed by atoms with Crippen molar-refractivity contribution in [1.29, 1.82) is 0 Å². The molecule has 0 saturated heterocycles. The summed E-state index contributed by atoms with van der Waals surface area (Å²) in [5.74, 6) is 0.958. The highest BCUT2D eigenvalue weighted by Crippen LogP contribution is 2.51. The highest BCUT2D eigenvalue weighted by molar-refractivity contribution is 6.26. The Bertz CT molecular complexity index is 3440. The average molecular weight is 740 g/mol. The number of rotatable bonds is 5. The van der Waals surface area contributed by atoms with E-state index in [1.165, 1.54) is 87.8 Å². The smallest absolute Gasteiger partial charge is 0.145 e. The molecular formula is C55H37N3. The summed E-state index contributed by atoms with van der Waals surface area (Å²) >= 11 is 0. The van der Waals surface area contributed by atoms with Crippen LogP contribution in [-0.2, 0) is 0 Å². The van der Waals surface area contributed by atoms with Crippen molar-refractivity contribution < 1.29 is 0 Å². The summed E-state index contributed by atoms with van der Waals surface area (Å²) in [4.78, 5) is 7.75. The van der Waals surface area contributed by atoms with Crippen LogP contribution < -0.4 is 4.90 Å². The second-order valence-electron chi connectivity index (χ2n) is 15.3. The van der Waals surface area contributed by atoms with Gasteiger partial charge in [0.15, 0.2) is 0 Å². The quantitative estimate of drug-likeness (QED) is 0.164. The Balaban J connectivity index is 1.20. The zero-order valence-electron chi connectivity index (χ0n) is 32.0. The first-order chi connectivity index (χ1) is 28.8. The molecule has 0 spiro atoms. The van der Waals surface area contributed by atoms with Crippen LogP contribution in [0.4, 0.5) is 11.4 Å². The SMILES string of the molecule is CCN1c2c(-c3ccc4c(-c5cccc6ccccc56)c5ccccc5c(-c5cccc6ccccc56)c4c3)cccc2-n2c(-c3ccccc3)nc3cccc1c32. The van der Waals surface area contributed by atoms with Crippen LogP contribution in [0.5, 0.6) is 0 Å². The van der Waals surface area contributed by atoms with Crippen LogP contribution in [0, 0.1) is 0 Å². The van der Waals surface area contributed by atoms with E-state index in [1.54, 1.807) is 0 Å². The maximum absolute atomic E-state index is 5.26. The fourth-order valence-corrected chi connectivity index (χ4v) is 9.83. The van der Waals surface area contributed by atoms with Crippen LogP contribution in [0.25, 0.3) is 105 Å². The minimum absolute atomic E-state index is 0.819. The summed E-state index contributed by atoms with van der Waals surface area (Å²) in [7, 11) is 0. The van der Waals surface area contributed by atoms with Gasteiger partial charge in [0.2, 0.25) is 0 Å². The minimum atomic E-state index is 0.819. The van der Waals surface area contributed by atoms with Crippen molar-refractivity contribution in [2.45, 2.75) is 6.92 Å². The molecule has 3 nitrogen and oxygen atoms in total. The first-order valence-corrected chi connectivity index (χ1v) is 20.2. The molecule has 0 saturated carbocycles. The molecule has 1 aliphatic heterocycles. The Hall–Kier alpha value is -7.49. The number of benzene rings is 10. The van der Waals surface area contributed by atoms with Crippen molar-refractivity contribution in [2.75, 3.05) is 11.4 Å². The summed E-state index contributed by atoms with van der Waals surface area (Å²) < 4.78 is 2.39. The van der Waals surface area contributed by atoms with E-state index < -0.39 is 0 Å². The van der Waals surface area contributed by atoms with Crippen molar-refractivity contribution >= 4 is 65.5 Å². The Labute approximate surface area is 336 Å². The predicted molar refractivity (Wildman–Crippen MR) is 246 cm³/mol. The van der Waals surface area contributed by atoms with Gasteiger partial charge in [-0.1, -0.05) is 170 Å². The van der Waals surface area contributed by atoms with E-state index in [0.29, 0.717) is 0 Å². The van der Waals surface area contributed by atoms with Gasteiger partial charge in [-0.05, 0) is 102 Å². The second-order valence-corrected chi connectivity index (χ2v) is 15.3. The molecule has 0 atom stereocenters. The fraction of sp³-hybridized carbons (Fsp3) is 0.0364. The van der Waals surface area contributed by atoms with Gasteiger partial charge < -0.3 is 4.90 Å². The monoisotopic (exact) mass is 739 g/mol. The van der Waals surface area contributed by atoms with Crippen LogP contribution in [0.15, 0.2) is 194 Å². The summed E-state index contributed by atoms with van der Waals surface area (Å²) in [6.45, 7) is 3.07. The molecule has 10 aromatic carbocycles. The highest BCUT2D eigenvalue weighted by Gasteiger charge is 2.30. The molecule has 0 fully saturated rings. The number of hydrogen-bond acceptors (Lipinski definition) is 2. The molecule has 58 heavy (non-hydrogen) atoms.